The molecule has 0 bridgehead atoms. The zero-order valence-electron chi connectivity index (χ0n) is 15.6. The van der Waals surface area contributed by atoms with E-state index in [1.807, 2.05) is 31.2 Å². The second kappa shape index (κ2) is 7.15. The Morgan fingerprint density at radius 2 is 1.42 bits per heavy atom. The van der Waals surface area contributed by atoms with Crippen LogP contribution in [0.15, 0.2) is 36.4 Å². The molecule has 0 N–H and O–H groups in total. The molecule has 0 radical (unpaired) electrons. The summed E-state index contributed by atoms with van der Waals surface area (Å²) < 4.78 is 21.4. The average Bonchev–Trinajstić information content (AvgIpc) is 2.70. The lowest BCUT2D eigenvalue weighted by Crippen LogP contribution is -2.54. The van der Waals surface area contributed by atoms with Gasteiger partial charge in [0.1, 0.15) is 5.75 Å². The standard InChI is InChI=1S/C20H23NO5/c1-12-18(13-6-8-15(23-2)9-7-13)21(20(12)22)14-10-16(24-3)19(26-5)17(11-14)25-4/h6-12,18H,1-5H3/t12-,18+/m0/s1. The summed E-state index contributed by atoms with van der Waals surface area (Å²) in [6.45, 7) is 1.94. The molecule has 0 spiro atoms. The van der Waals surface area contributed by atoms with E-state index in [-0.39, 0.29) is 17.9 Å². The number of anilines is 1. The number of amides is 1. The van der Waals surface area contributed by atoms with Crippen molar-refractivity contribution < 1.29 is 23.7 Å². The fourth-order valence-electron chi connectivity index (χ4n) is 3.37. The molecule has 1 fully saturated rings. The Morgan fingerprint density at radius 3 is 1.88 bits per heavy atom. The number of benzene rings is 2. The molecular formula is C20H23NO5. The highest BCUT2D eigenvalue weighted by atomic mass is 16.5. The summed E-state index contributed by atoms with van der Waals surface area (Å²) in [7, 11) is 6.30. The van der Waals surface area contributed by atoms with Crippen LogP contribution in [0.2, 0.25) is 0 Å². The van der Waals surface area contributed by atoms with Gasteiger partial charge < -0.3 is 23.8 Å². The third kappa shape index (κ3) is 2.81. The molecule has 1 heterocycles. The minimum absolute atomic E-state index is 0.0556. The first-order valence-corrected chi connectivity index (χ1v) is 8.32. The van der Waals surface area contributed by atoms with Crippen molar-refractivity contribution in [2.75, 3.05) is 33.3 Å². The Morgan fingerprint density at radius 1 is 0.846 bits per heavy atom. The van der Waals surface area contributed by atoms with Crippen LogP contribution in [0, 0.1) is 5.92 Å². The fraction of sp³-hybridized carbons (Fsp3) is 0.350. The third-order valence-electron chi connectivity index (χ3n) is 4.76. The molecule has 1 aliphatic heterocycles. The molecular weight excluding hydrogens is 334 g/mol. The zero-order chi connectivity index (χ0) is 18.8. The Hall–Kier alpha value is -2.89. The maximum absolute atomic E-state index is 12.6. The van der Waals surface area contributed by atoms with Crippen molar-refractivity contribution in [1.82, 2.24) is 0 Å². The Labute approximate surface area is 153 Å². The molecule has 2 atom stereocenters. The van der Waals surface area contributed by atoms with Gasteiger partial charge in [0.15, 0.2) is 11.5 Å². The predicted molar refractivity (Wildman–Crippen MR) is 98.5 cm³/mol. The molecule has 0 aliphatic carbocycles. The molecule has 3 rings (SSSR count). The smallest absolute Gasteiger partial charge is 0.232 e. The van der Waals surface area contributed by atoms with Crippen LogP contribution in [0.1, 0.15) is 18.5 Å². The molecule has 2 aromatic carbocycles. The van der Waals surface area contributed by atoms with Gasteiger partial charge in [0.25, 0.3) is 0 Å². The van der Waals surface area contributed by atoms with E-state index in [9.17, 15) is 4.79 Å². The van der Waals surface area contributed by atoms with Crippen molar-refractivity contribution in [3.05, 3.63) is 42.0 Å². The first-order valence-electron chi connectivity index (χ1n) is 8.32. The number of β-lactam (4-membered cyclic amide) rings is 1. The Bertz CT molecular complexity index is 777. The first-order chi connectivity index (χ1) is 12.5. The molecule has 6 nitrogen and oxygen atoms in total. The molecule has 2 aromatic rings. The van der Waals surface area contributed by atoms with Gasteiger partial charge in [0.2, 0.25) is 11.7 Å². The van der Waals surface area contributed by atoms with E-state index < -0.39 is 0 Å². The summed E-state index contributed by atoms with van der Waals surface area (Å²) in [6, 6.07) is 11.3. The number of methoxy groups -OCH3 is 4. The van der Waals surface area contributed by atoms with Gasteiger partial charge in [-0.3, -0.25) is 4.79 Å². The first kappa shape index (κ1) is 17.9. The monoisotopic (exact) mass is 357 g/mol. The maximum Gasteiger partial charge on any atom is 0.232 e. The second-order valence-electron chi connectivity index (χ2n) is 6.10. The second-order valence-corrected chi connectivity index (χ2v) is 6.10. The number of carbonyl (C=O) groups is 1. The van der Waals surface area contributed by atoms with Crippen molar-refractivity contribution in [2.24, 2.45) is 5.92 Å². The van der Waals surface area contributed by atoms with Gasteiger partial charge in [-0.2, -0.15) is 0 Å². The molecule has 138 valence electrons. The maximum atomic E-state index is 12.6. The molecule has 1 saturated heterocycles. The van der Waals surface area contributed by atoms with Crippen molar-refractivity contribution in [3.63, 3.8) is 0 Å². The Balaban J connectivity index is 2.02. The van der Waals surface area contributed by atoms with Crippen LogP contribution in [-0.4, -0.2) is 34.3 Å². The summed E-state index contributed by atoms with van der Waals surface area (Å²) >= 11 is 0. The van der Waals surface area contributed by atoms with E-state index in [2.05, 4.69) is 0 Å². The summed E-state index contributed by atoms with van der Waals surface area (Å²) in [5, 5.41) is 0. The molecule has 0 saturated carbocycles. The molecule has 6 heteroatoms. The largest absolute Gasteiger partial charge is 0.497 e. The lowest BCUT2D eigenvalue weighted by atomic mass is 9.83. The molecule has 26 heavy (non-hydrogen) atoms. The van der Waals surface area contributed by atoms with Crippen molar-refractivity contribution in [2.45, 2.75) is 13.0 Å². The van der Waals surface area contributed by atoms with Crippen LogP contribution < -0.4 is 23.8 Å². The Kier molecular flexibility index (Phi) is 4.93. The number of carbonyl (C=O) groups excluding carboxylic acids is 1. The van der Waals surface area contributed by atoms with Gasteiger partial charge in [0.05, 0.1) is 46.1 Å². The molecule has 1 amide bonds. The summed E-state index contributed by atoms with van der Waals surface area (Å²) in [6.07, 6.45) is 0. The van der Waals surface area contributed by atoms with Gasteiger partial charge >= 0.3 is 0 Å². The lowest BCUT2D eigenvalue weighted by Gasteiger charge is -2.46. The average molecular weight is 357 g/mol. The minimum atomic E-state index is -0.109. The van der Waals surface area contributed by atoms with Gasteiger partial charge in [-0.1, -0.05) is 19.1 Å². The molecule has 1 aliphatic rings. The topological polar surface area (TPSA) is 57.2 Å². The quantitative estimate of drug-likeness (QED) is 0.741. The van der Waals surface area contributed by atoms with Crippen molar-refractivity contribution >= 4 is 11.6 Å². The van der Waals surface area contributed by atoms with E-state index in [1.165, 1.54) is 0 Å². The van der Waals surface area contributed by atoms with Gasteiger partial charge in [-0.05, 0) is 17.7 Å². The molecule has 0 unspecified atom stereocenters. The van der Waals surface area contributed by atoms with E-state index in [0.29, 0.717) is 22.9 Å². The number of rotatable bonds is 6. The normalized spacial score (nSPS) is 19.0. The number of ether oxygens (including phenoxy) is 4. The van der Waals surface area contributed by atoms with Crippen LogP contribution in [0.4, 0.5) is 5.69 Å². The van der Waals surface area contributed by atoms with Crippen LogP contribution in [0.3, 0.4) is 0 Å². The zero-order valence-corrected chi connectivity index (χ0v) is 15.6. The summed E-state index contributed by atoms with van der Waals surface area (Å²) in [5.74, 6) is 2.26. The number of hydrogen-bond acceptors (Lipinski definition) is 5. The SMILES string of the molecule is COc1ccc([C@H]2[C@H](C)C(=O)N2c2cc(OC)c(OC)c(OC)c2)cc1. The van der Waals surface area contributed by atoms with Crippen molar-refractivity contribution in [1.29, 1.82) is 0 Å². The highest BCUT2D eigenvalue weighted by Gasteiger charge is 2.46. The number of hydrogen-bond donors (Lipinski definition) is 0. The van der Waals surface area contributed by atoms with Crippen molar-refractivity contribution in [3.8, 4) is 23.0 Å². The van der Waals surface area contributed by atoms with Crippen LogP contribution in [-0.2, 0) is 4.79 Å². The van der Waals surface area contributed by atoms with E-state index in [1.54, 1.807) is 45.5 Å². The number of nitrogens with zero attached hydrogens (tertiary/aromatic N) is 1. The predicted octanol–water partition coefficient (Wildman–Crippen LogP) is 3.45. The highest BCUT2D eigenvalue weighted by molar-refractivity contribution is 6.03. The lowest BCUT2D eigenvalue weighted by molar-refractivity contribution is -0.129. The van der Waals surface area contributed by atoms with Crippen LogP contribution in [0.25, 0.3) is 0 Å². The molecule has 0 aromatic heterocycles. The van der Waals surface area contributed by atoms with E-state index in [0.717, 1.165) is 11.3 Å². The summed E-state index contributed by atoms with van der Waals surface area (Å²) in [4.78, 5) is 14.4. The van der Waals surface area contributed by atoms with Gasteiger partial charge in [0, 0.05) is 12.1 Å². The van der Waals surface area contributed by atoms with E-state index >= 15 is 0 Å². The van der Waals surface area contributed by atoms with E-state index in [4.69, 9.17) is 18.9 Å². The summed E-state index contributed by atoms with van der Waals surface area (Å²) in [5.41, 5.74) is 1.76. The van der Waals surface area contributed by atoms with Crippen LogP contribution in [0.5, 0.6) is 23.0 Å². The minimum Gasteiger partial charge on any atom is -0.497 e. The van der Waals surface area contributed by atoms with Crippen LogP contribution >= 0.6 is 0 Å². The van der Waals surface area contributed by atoms with Gasteiger partial charge in [-0.25, -0.2) is 0 Å². The van der Waals surface area contributed by atoms with Gasteiger partial charge in [-0.15, -0.1) is 0 Å². The third-order valence-corrected chi connectivity index (χ3v) is 4.76. The fourth-order valence-corrected chi connectivity index (χ4v) is 3.37. The highest BCUT2D eigenvalue weighted by Crippen LogP contribution is 2.48.